The van der Waals surface area contributed by atoms with E-state index in [-0.39, 0.29) is 0 Å². The molecule has 0 radical (unpaired) electrons. The molecule has 0 aromatic heterocycles. The summed E-state index contributed by atoms with van der Waals surface area (Å²) in [4.78, 5) is 2.29. The zero-order chi connectivity index (χ0) is 12.4. The predicted molar refractivity (Wildman–Crippen MR) is 70.7 cm³/mol. The number of aliphatic hydroxyl groups excluding tert-OH is 1. The van der Waals surface area contributed by atoms with Crippen molar-refractivity contribution < 1.29 is 5.11 Å². The highest BCUT2D eigenvalue weighted by molar-refractivity contribution is 4.99. The largest absolute Gasteiger partial charge is 0.396 e. The molecule has 0 saturated carbocycles. The molecule has 16 heavy (non-hydrogen) atoms. The van der Waals surface area contributed by atoms with Crippen LogP contribution in [0.3, 0.4) is 0 Å². The van der Waals surface area contributed by atoms with Gasteiger partial charge >= 0.3 is 0 Å². The Morgan fingerprint density at radius 1 is 1.31 bits per heavy atom. The van der Waals surface area contributed by atoms with Gasteiger partial charge in [0.25, 0.3) is 0 Å². The van der Waals surface area contributed by atoms with Gasteiger partial charge in [-0.2, -0.15) is 0 Å². The van der Waals surface area contributed by atoms with Crippen LogP contribution in [0.25, 0.3) is 0 Å². The summed E-state index contributed by atoms with van der Waals surface area (Å²) < 4.78 is 0. The fourth-order valence-corrected chi connectivity index (χ4v) is 1.54. The van der Waals surface area contributed by atoms with Crippen LogP contribution in [0, 0.1) is 0 Å². The Hall–Kier alpha value is -0.380. The number of hydrogen-bond acceptors (Lipinski definition) is 3. The maximum Gasteiger partial charge on any atom is 0.0431 e. The van der Waals surface area contributed by atoms with Crippen LogP contribution in [0.1, 0.15) is 33.1 Å². The van der Waals surface area contributed by atoms with Gasteiger partial charge in [0.05, 0.1) is 0 Å². The Morgan fingerprint density at radius 2 is 2.00 bits per heavy atom. The third kappa shape index (κ3) is 10.1. The van der Waals surface area contributed by atoms with E-state index in [9.17, 15) is 0 Å². The Kier molecular flexibility index (Phi) is 9.59. The van der Waals surface area contributed by atoms with Crippen LogP contribution in [0.4, 0.5) is 0 Å². The van der Waals surface area contributed by atoms with Gasteiger partial charge in [0.1, 0.15) is 0 Å². The molecule has 2 N–H and O–H groups in total. The molecule has 0 bridgehead atoms. The van der Waals surface area contributed by atoms with Crippen LogP contribution in [0.15, 0.2) is 12.2 Å². The van der Waals surface area contributed by atoms with Crippen molar-refractivity contribution in [2.45, 2.75) is 39.2 Å². The fourth-order valence-electron chi connectivity index (χ4n) is 1.54. The van der Waals surface area contributed by atoms with Gasteiger partial charge in [-0.05, 0) is 38.4 Å². The van der Waals surface area contributed by atoms with E-state index >= 15 is 0 Å². The minimum atomic E-state index is 0.314. The number of likely N-dealkylation sites (N-methyl/N-ethyl adjacent to an activating group) is 1. The maximum atomic E-state index is 8.66. The van der Waals surface area contributed by atoms with Gasteiger partial charge < -0.3 is 15.3 Å². The highest BCUT2D eigenvalue weighted by atomic mass is 16.2. The van der Waals surface area contributed by atoms with Crippen LogP contribution < -0.4 is 5.32 Å². The van der Waals surface area contributed by atoms with Crippen LogP contribution in [-0.4, -0.2) is 49.3 Å². The minimum absolute atomic E-state index is 0.314. The normalized spacial score (nSPS) is 11.4. The second-order valence-electron chi connectivity index (χ2n) is 4.81. The van der Waals surface area contributed by atoms with E-state index in [1.54, 1.807) is 0 Å². The quantitative estimate of drug-likeness (QED) is 0.441. The molecule has 0 aromatic rings. The lowest BCUT2D eigenvalue weighted by Gasteiger charge is -2.19. The first-order valence-electron chi connectivity index (χ1n) is 6.25. The second kappa shape index (κ2) is 9.82. The van der Waals surface area contributed by atoms with Crippen molar-refractivity contribution >= 4 is 0 Å². The highest BCUT2D eigenvalue weighted by Crippen LogP contribution is 1.99. The molecule has 0 fully saturated rings. The van der Waals surface area contributed by atoms with Crippen molar-refractivity contribution in [1.29, 1.82) is 0 Å². The summed E-state index contributed by atoms with van der Waals surface area (Å²) in [6.45, 7) is 11.6. The first-order chi connectivity index (χ1) is 7.56. The second-order valence-corrected chi connectivity index (χ2v) is 4.81. The number of nitrogens with zero attached hydrogens (tertiary/aromatic N) is 1. The summed E-state index contributed by atoms with van der Waals surface area (Å²) in [6, 6.07) is 0.520. The third-order valence-electron chi connectivity index (χ3n) is 2.45. The van der Waals surface area contributed by atoms with E-state index in [1.807, 2.05) is 0 Å². The highest BCUT2D eigenvalue weighted by Gasteiger charge is 2.01. The van der Waals surface area contributed by atoms with E-state index in [0.29, 0.717) is 12.6 Å². The zero-order valence-corrected chi connectivity index (χ0v) is 11.1. The SMILES string of the molecule is C=C(CNC(C)C)CN(C)CCCCCO. The van der Waals surface area contributed by atoms with Gasteiger partial charge in [-0.1, -0.05) is 20.4 Å². The smallest absolute Gasteiger partial charge is 0.0431 e. The van der Waals surface area contributed by atoms with Gasteiger partial charge in [-0.25, -0.2) is 0 Å². The number of aliphatic hydroxyl groups is 1. The van der Waals surface area contributed by atoms with Crippen molar-refractivity contribution in [3.05, 3.63) is 12.2 Å². The van der Waals surface area contributed by atoms with Crippen LogP contribution in [0.5, 0.6) is 0 Å². The Morgan fingerprint density at radius 3 is 2.56 bits per heavy atom. The zero-order valence-electron chi connectivity index (χ0n) is 11.1. The molecule has 0 rings (SSSR count). The number of nitrogens with one attached hydrogen (secondary N) is 1. The predicted octanol–water partition coefficient (Wildman–Crippen LogP) is 1.63. The summed E-state index contributed by atoms with van der Waals surface area (Å²) in [7, 11) is 2.12. The lowest BCUT2D eigenvalue weighted by Crippen LogP contribution is -2.30. The molecular formula is C13H28N2O. The molecule has 0 saturated heterocycles. The molecular weight excluding hydrogens is 200 g/mol. The Bertz CT molecular complexity index is 181. The molecule has 0 aliphatic rings. The van der Waals surface area contributed by atoms with Gasteiger partial charge in [0.2, 0.25) is 0 Å². The van der Waals surface area contributed by atoms with E-state index in [4.69, 9.17) is 5.11 Å². The first kappa shape index (κ1) is 15.6. The maximum absolute atomic E-state index is 8.66. The first-order valence-corrected chi connectivity index (χ1v) is 6.25. The average Bonchev–Trinajstić information content (AvgIpc) is 2.21. The van der Waals surface area contributed by atoms with E-state index < -0.39 is 0 Å². The fraction of sp³-hybridized carbons (Fsp3) is 0.846. The van der Waals surface area contributed by atoms with Crippen molar-refractivity contribution in [2.75, 3.05) is 33.3 Å². The molecule has 0 aliphatic heterocycles. The third-order valence-corrected chi connectivity index (χ3v) is 2.45. The standard InChI is InChI=1S/C13H28N2O/c1-12(2)14-10-13(3)11-15(4)8-6-5-7-9-16/h12,14,16H,3,5-11H2,1-2,4H3. The summed E-state index contributed by atoms with van der Waals surface area (Å²) >= 11 is 0. The molecule has 3 heteroatoms. The number of rotatable bonds is 10. The van der Waals surface area contributed by atoms with Gasteiger partial charge in [0.15, 0.2) is 0 Å². The summed E-state index contributed by atoms with van der Waals surface area (Å²) in [5.41, 5.74) is 1.23. The van der Waals surface area contributed by atoms with Crippen LogP contribution in [-0.2, 0) is 0 Å². The summed E-state index contributed by atoms with van der Waals surface area (Å²) in [6.07, 6.45) is 3.18. The van der Waals surface area contributed by atoms with Gasteiger partial charge in [0, 0.05) is 25.7 Å². The van der Waals surface area contributed by atoms with E-state index in [0.717, 1.165) is 38.9 Å². The molecule has 0 unspecified atom stereocenters. The molecule has 3 nitrogen and oxygen atoms in total. The Balaban J connectivity index is 3.46. The van der Waals surface area contributed by atoms with Crippen LogP contribution in [0.2, 0.25) is 0 Å². The summed E-state index contributed by atoms with van der Waals surface area (Å²) in [5, 5.41) is 12.0. The number of unbranched alkanes of at least 4 members (excludes halogenated alkanes) is 2. The molecule has 96 valence electrons. The molecule has 0 aliphatic carbocycles. The minimum Gasteiger partial charge on any atom is -0.396 e. The molecule has 0 heterocycles. The monoisotopic (exact) mass is 228 g/mol. The topological polar surface area (TPSA) is 35.5 Å². The van der Waals surface area contributed by atoms with E-state index in [1.165, 1.54) is 5.57 Å². The van der Waals surface area contributed by atoms with Crippen molar-refractivity contribution in [3.8, 4) is 0 Å². The molecule has 0 aromatic carbocycles. The van der Waals surface area contributed by atoms with Crippen LogP contribution >= 0.6 is 0 Å². The molecule has 0 atom stereocenters. The van der Waals surface area contributed by atoms with Crippen molar-refractivity contribution in [3.63, 3.8) is 0 Å². The lowest BCUT2D eigenvalue weighted by molar-refractivity contribution is 0.275. The Labute approximate surface area is 101 Å². The van der Waals surface area contributed by atoms with Gasteiger partial charge in [-0.3, -0.25) is 0 Å². The molecule has 0 amide bonds. The van der Waals surface area contributed by atoms with E-state index in [2.05, 4.69) is 37.7 Å². The van der Waals surface area contributed by atoms with Gasteiger partial charge in [-0.15, -0.1) is 0 Å². The van der Waals surface area contributed by atoms with Crippen molar-refractivity contribution in [2.24, 2.45) is 0 Å². The lowest BCUT2D eigenvalue weighted by atomic mass is 10.2. The molecule has 0 spiro atoms. The number of hydrogen-bond donors (Lipinski definition) is 2. The van der Waals surface area contributed by atoms with Crippen molar-refractivity contribution in [1.82, 2.24) is 10.2 Å². The summed E-state index contributed by atoms with van der Waals surface area (Å²) in [5.74, 6) is 0. The average molecular weight is 228 g/mol.